The van der Waals surface area contributed by atoms with Crippen LogP contribution in [0.3, 0.4) is 0 Å². The Bertz CT molecular complexity index is 589. The maximum absolute atomic E-state index is 12.4. The normalized spacial score (nSPS) is 17.6. The summed E-state index contributed by atoms with van der Waals surface area (Å²) < 4.78 is 0. The van der Waals surface area contributed by atoms with Crippen LogP contribution in [0.4, 0.5) is 4.79 Å². The fraction of sp³-hybridized carbons (Fsp3) is 0.571. The predicted octanol–water partition coefficient (Wildman–Crippen LogP) is -0.148. The lowest BCUT2D eigenvalue weighted by molar-refractivity contribution is -0.132. The first kappa shape index (κ1) is 17.2. The number of nitrogens with one attached hydrogen (secondary N) is 3. The Hall–Kier alpha value is -2.16. The van der Waals surface area contributed by atoms with Crippen molar-refractivity contribution in [3.05, 3.63) is 16.1 Å². The van der Waals surface area contributed by atoms with Gasteiger partial charge in [-0.2, -0.15) is 0 Å². The van der Waals surface area contributed by atoms with Gasteiger partial charge in [0.15, 0.2) is 0 Å². The fourth-order valence-electron chi connectivity index (χ4n) is 2.28. The summed E-state index contributed by atoms with van der Waals surface area (Å²) >= 11 is 1.49. The molecular formula is C14H21N5O3S. The van der Waals surface area contributed by atoms with Crippen LogP contribution in [0.1, 0.15) is 24.0 Å². The molecule has 1 aliphatic heterocycles. The van der Waals surface area contributed by atoms with Crippen LogP contribution < -0.4 is 16.0 Å². The third kappa shape index (κ3) is 4.41. The van der Waals surface area contributed by atoms with Gasteiger partial charge in [-0.05, 0) is 6.42 Å². The molecule has 1 saturated heterocycles. The van der Waals surface area contributed by atoms with Gasteiger partial charge in [0.25, 0.3) is 0 Å². The molecule has 0 aliphatic carbocycles. The summed E-state index contributed by atoms with van der Waals surface area (Å²) in [6, 6.07) is -1.15. The molecule has 23 heavy (non-hydrogen) atoms. The molecular weight excluding hydrogens is 318 g/mol. The molecule has 9 heteroatoms. The van der Waals surface area contributed by atoms with Gasteiger partial charge < -0.3 is 20.9 Å². The topological polar surface area (TPSA) is 103 Å². The molecule has 1 atom stereocenters. The van der Waals surface area contributed by atoms with Crippen molar-refractivity contribution in [2.24, 2.45) is 0 Å². The average Bonchev–Trinajstić information content (AvgIpc) is 3.02. The average molecular weight is 339 g/mol. The van der Waals surface area contributed by atoms with Gasteiger partial charge in [-0.1, -0.05) is 6.92 Å². The molecule has 4 amide bonds. The van der Waals surface area contributed by atoms with E-state index < -0.39 is 6.04 Å². The zero-order valence-corrected chi connectivity index (χ0v) is 14.0. The largest absolute Gasteiger partial charge is 0.359 e. The highest BCUT2D eigenvalue weighted by atomic mass is 32.1. The van der Waals surface area contributed by atoms with Crippen LogP contribution in [-0.4, -0.2) is 53.9 Å². The van der Waals surface area contributed by atoms with Crippen molar-refractivity contribution in [3.8, 4) is 0 Å². The fourth-order valence-corrected chi connectivity index (χ4v) is 3.10. The van der Waals surface area contributed by atoms with Gasteiger partial charge in [0, 0.05) is 25.5 Å². The van der Waals surface area contributed by atoms with Gasteiger partial charge >= 0.3 is 6.03 Å². The maximum Gasteiger partial charge on any atom is 0.318 e. The molecule has 0 saturated carbocycles. The first-order chi connectivity index (χ1) is 11.0. The number of amides is 4. The summed E-state index contributed by atoms with van der Waals surface area (Å²) in [6.45, 7) is 3.09. The molecule has 1 aliphatic rings. The number of aryl methyl sites for hydroxylation is 1. The molecule has 1 aromatic heterocycles. The monoisotopic (exact) mass is 339 g/mol. The minimum absolute atomic E-state index is 0.0486. The highest BCUT2D eigenvalue weighted by molar-refractivity contribution is 7.09. The molecule has 2 heterocycles. The second-order valence-electron chi connectivity index (χ2n) is 5.12. The van der Waals surface area contributed by atoms with E-state index in [2.05, 4.69) is 20.9 Å². The van der Waals surface area contributed by atoms with E-state index >= 15 is 0 Å². The van der Waals surface area contributed by atoms with E-state index in [0.29, 0.717) is 19.6 Å². The van der Waals surface area contributed by atoms with Crippen molar-refractivity contribution in [1.29, 1.82) is 0 Å². The quantitative estimate of drug-likeness (QED) is 0.694. The molecule has 0 unspecified atom stereocenters. The molecule has 0 bridgehead atoms. The minimum Gasteiger partial charge on any atom is -0.359 e. The maximum atomic E-state index is 12.4. The van der Waals surface area contributed by atoms with E-state index in [9.17, 15) is 14.4 Å². The smallest absolute Gasteiger partial charge is 0.318 e. The lowest BCUT2D eigenvalue weighted by Gasteiger charge is -2.34. The van der Waals surface area contributed by atoms with Crippen LogP contribution in [0.25, 0.3) is 0 Å². The lowest BCUT2D eigenvalue weighted by atomic mass is 10.1. The molecule has 0 spiro atoms. The third-order valence-corrected chi connectivity index (χ3v) is 4.50. The summed E-state index contributed by atoms with van der Waals surface area (Å²) in [5, 5.41) is 10.7. The molecule has 8 nitrogen and oxygen atoms in total. The summed E-state index contributed by atoms with van der Waals surface area (Å²) in [5.41, 5.74) is 0.995. The van der Waals surface area contributed by atoms with Gasteiger partial charge in [-0.3, -0.25) is 9.59 Å². The Balaban J connectivity index is 1.97. The van der Waals surface area contributed by atoms with Crippen LogP contribution in [0.2, 0.25) is 0 Å². The number of nitrogens with zero attached hydrogens (tertiary/aromatic N) is 2. The molecule has 2 rings (SSSR count). The van der Waals surface area contributed by atoms with Crippen LogP contribution in [0.5, 0.6) is 0 Å². The molecule has 0 radical (unpaired) electrons. The first-order valence-corrected chi connectivity index (χ1v) is 8.39. The van der Waals surface area contributed by atoms with Crippen molar-refractivity contribution in [2.45, 2.75) is 32.4 Å². The van der Waals surface area contributed by atoms with Gasteiger partial charge in [0.1, 0.15) is 11.0 Å². The Morgan fingerprint density at radius 1 is 1.52 bits per heavy atom. The highest BCUT2D eigenvalue weighted by Crippen LogP contribution is 2.12. The number of aromatic nitrogens is 1. The number of hydrogen-bond donors (Lipinski definition) is 3. The number of carbonyl (C=O) groups excluding carboxylic acids is 3. The summed E-state index contributed by atoms with van der Waals surface area (Å²) in [6.07, 6.45) is 0.804. The van der Waals surface area contributed by atoms with Crippen LogP contribution in [0.15, 0.2) is 5.38 Å². The zero-order valence-electron chi connectivity index (χ0n) is 13.2. The Labute approximate surface area is 138 Å². The van der Waals surface area contributed by atoms with E-state index in [1.807, 2.05) is 12.3 Å². The number of carbonyl (C=O) groups is 3. The van der Waals surface area contributed by atoms with E-state index in [1.54, 1.807) is 0 Å². The third-order valence-electron chi connectivity index (χ3n) is 3.60. The van der Waals surface area contributed by atoms with E-state index in [0.717, 1.165) is 17.1 Å². The molecule has 3 N–H and O–H groups in total. The number of piperazine rings is 1. The predicted molar refractivity (Wildman–Crippen MR) is 85.9 cm³/mol. The second kappa shape index (κ2) is 7.91. The van der Waals surface area contributed by atoms with Crippen molar-refractivity contribution in [1.82, 2.24) is 25.8 Å². The van der Waals surface area contributed by atoms with Crippen LogP contribution in [-0.2, 0) is 22.6 Å². The van der Waals surface area contributed by atoms with Crippen molar-refractivity contribution in [3.63, 3.8) is 0 Å². The number of rotatable bonds is 5. The van der Waals surface area contributed by atoms with Crippen molar-refractivity contribution in [2.75, 3.05) is 20.1 Å². The van der Waals surface area contributed by atoms with Gasteiger partial charge in [0.2, 0.25) is 11.8 Å². The molecule has 126 valence electrons. The zero-order chi connectivity index (χ0) is 16.8. The molecule has 1 aromatic rings. The lowest BCUT2D eigenvalue weighted by Crippen LogP contribution is -2.60. The Morgan fingerprint density at radius 3 is 2.96 bits per heavy atom. The van der Waals surface area contributed by atoms with E-state index in [4.69, 9.17) is 0 Å². The first-order valence-electron chi connectivity index (χ1n) is 7.51. The minimum atomic E-state index is -0.786. The van der Waals surface area contributed by atoms with Crippen molar-refractivity contribution < 1.29 is 14.4 Å². The second-order valence-corrected chi connectivity index (χ2v) is 6.07. The van der Waals surface area contributed by atoms with Gasteiger partial charge in [-0.25, -0.2) is 9.78 Å². The van der Waals surface area contributed by atoms with E-state index in [1.165, 1.54) is 23.3 Å². The Morgan fingerprint density at radius 2 is 2.30 bits per heavy atom. The van der Waals surface area contributed by atoms with Gasteiger partial charge in [-0.15, -0.1) is 11.3 Å². The number of urea groups is 1. The summed E-state index contributed by atoms with van der Waals surface area (Å²) in [7, 11) is 1.50. The summed E-state index contributed by atoms with van der Waals surface area (Å²) in [4.78, 5) is 41.6. The summed E-state index contributed by atoms with van der Waals surface area (Å²) in [5.74, 6) is -0.588. The number of hydrogen-bond acceptors (Lipinski definition) is 5. The SMILES string of the molecule is CCc1csc(CNC(=O)N2CCNC(=O)[C@H]2CC(=O)NC)n1. The van der Waals surface area contributed by atoms with Gasteiger partial charge in [0.05, 0.1) is 18.7 Å². The van der Waals surface area contributed by atoms with Crippen LogP contribution >= 0.6 is 11.3 Å². The standard InChI is InChI=1S/C14H21N5O3S/c1-3-9-8-23-12(18-9)7-17-14(22)19-5-4-16-13(21)10(19)6-11(20)15-2/h8,10H,3-7H2,1-2H3,(H,15,20)(H,16,21)(H,17,22)/t10-/m1/s1. The van der Waals surface area contributed by atoms with E-state index in [-0.39, 0.29) is 24.3 Å². The molecule has 0 aromatic carbocycles. The number of thiazole rings is 1. The van der Waals surface area contributed by atoms with Crippen molar-refractivity contribution >= 4 is 29.2 Å². The Kier molecular flexibility index (Phi) is 5.91. The molecule has 1 fully saturated rings. The highest BCUT2D eigenvalue weighted by Gasteiger charge is 2.34. The van der Waals surface area contributed by atoms with Crippen LogP contribution in [0, 0.1) is 0 Å².